The lowest BCUT2D eigenvalue weighted by atomic mass is 9.99. The Morgan fingerprint density at radius 2 is 2.14 bits per heavy atom. The molecule has 1 atom stereocenters. The zero-order chi connectivity index (χ0) is 10.1. The van der Waals surface area contributed by atoms with E-state index in [-0.39, 0.29) is 0 Å². The predicted molar refractivity (Wildman–Crippen MR) is 51.1 cm³/mol. The van der Waals surface area contributed by atoms with Crippen molar-refractivity contribution in [3.63, 3.8) is 0 Å². The van der Waals surface area contributed by atoms with Crippen molar-refractivity contribution in [2.45, 2.75) is 25.4 Å². The molecular weight excluding hydrogens is 180 g/mol. The van der Waals surface area contributed by atoms with Gasteiger partial charge in [0.05, 0.1) is 0 Å². The molecule has 0 saturated heterocycles. The highest BCUT2D eigenvalue weighted by Crippen LogP contribution is 2.29. The van der Waals surface area contributed by atoms with Crippen molar-refractivity contribution >= 4 is 5.97 Å². The van der Waals surface area contributed by atoms with Crippen LogP contribution in [0.2, 0.25) is 0 Å². The smallest absolute Gasteiger partial charge is 0.337 e. The second kappa shape index (κ2) is 3.42. The molecule has 1 unspecified atom stereocenters. The third kappa shape index (κ3) is 1.40. The zero-order valence-electron chi connectivity index (χ0n) is 7.73. The summed E-state index contributed by atoms with van der Waals surface area (Å²) in [6.45, 7) is 0. The fourth-order valence-corrected chi connectivity index (χ4v) is 2.04. The second-order valence-corrected chi connectivity index (χ2v) is 3.58. The number of carbonyl (C=O) groups is 1. The zero-order valence-corrected chi connectivity index (χ0v) is 7.73. The van der Waals surface area contributed by atoms with Gasteiger partial charge >= 0.3 is 5.97 Å². The van der Waals surface area contributed by atoms with Gasteiger partial charge < -0.3 is 10.2 Å². The van der Waals surface area contributed by atoms with Crippen molar-refractivity contribution in [2.75, 3.05) is 0 Å². The summed E-state index contributed by atoms with van der Waals surface area (Å²) in [6, 6.07) is 5.51. The van der Waals surface area contributed by atoms with Crippen LogP contribution >= 0.6 is 0 Å². The van der Waals surface area contributed by atoms with Gasteiger partial charge in [0.25, 0.3) is 0 Å². The number of hydrogen-bond donors (Lipinski definition) is 2. The van der Waals surface area contributed by atoms with E-state index in [0.29, 0.717) is 5.56 Å². The lowest BCUT2D eigenvalue weighted by Crippen LogP contribution is -2.12. The number of fused-ring (bicyclic) bond motifs is 1. The molecular formula is C11H12O3. The van der Waals surface area contributed by atoms with Gasteiger partial charge in [0.1, 0.15) is 0 Å². The highest BCUT2D eigenvalue weighted by atomic mass is 16.4. The van der Waals surface area contributed by atoms with Crippen LogP contribution in [0.15, 0.2) is 18.2 Å². The lowest BCUT2D eigenvalue weighted by Gasteiger charge is -2.10. The van der Waals surface area contributed by atoms with Crippen molar-refractivity contribution in [2.24, 2.45) is 0 Å². The molecule has 14 heavy (non-hydrogen) atoms. The summed E-state index contributed by atoms with van der Waals surface area (Å²) < 4.78 is 0. The molecule has 2 rings (SSSR count). The molecule has 0 heterocycles. The molecule has 74 valence electrons. The normalized spacial score (nSPS) is 16.4. The molecule has 2 N–H and O–H groups in total. The monoisotopic (exact) mass is 192 g/mol. The van der Waals surface area contributed by atoms with Gasteiger partial charge in [-0.15, -0.1) is 0 Å². The Balaban J connectivity index is 2.44. The van der Waals surface area contributed by atoms with Gasteiger partial charge in [-0.1, -0.05) is 18.2 Å². The van der Waals surface area contributed by atoms with Crippen LogP contribution in [-0.4, -0.2) is 16.2 Å². The van der Waals surface area contributed by atoms with Crippen LogP contribution in [0.25, 0.3) is 0 Å². The number of carboxylic acid groups (broad SMARTS) is 1. The first-order chi connectivity index (χ1) is 6.70. The molecule has 0 fully saturated rings. The van der Waals surface area contributed by atoms with E-state index >= 15 is 0 Å². The number of carboxylic acids is 1. The topological polar surface area (TPSA) is 57.5 Å². The molecule has 1 aromatic rings. The Morgan fingerprint density at radius 1 is 1.36 bits per heavy atom. The van der Waals surface area contributed by atoms with E-state index in [1.807, 2.05) is 12.1 Å². The Labute approximate surface area is 82.0 Å². The first kappa shape index (κ1) is 9.21. The third-order valence-electron chi connectivity index (χ3n) is 2.71. The van der Waals surface area contributed by atoms with Crippen LogP contribution in [0, 0.1) is 0 Å². The van der Waals surface area contributed by atoms with E-state index in [0.717, 1.165) is 24.8 Å². The van der Waals surface area contributed by atoms with Crippen LogP contribution in [0.5, 0.6) is 0 Å². The minimum Gasteiger partial charge on any atom is -0.479 e. The maximum Gasteiger partial charge on any atom is 0.337 e. The average molecular weight is 192 g/mol. The van der Waals surface area contributed by atoms with Gasteiger partial charge in [0, 0.05) is 0 Å². The number of aliphatic hydroxyl groups is 1. The summed E-state index contributed by atoms with van der Waals surface area (Å²) in [4.78, 5) is 10.6. The Bertz CT molecular complexity index is 371. The van der Waals surface area contributed by atoms with Crippen LogP contribution in [0.3, 0.4) is 0 Å². The molecule has 0 aliphatic heterocycles. The van der Waals surface area contributed by atoms with Crippen molar-refractivity contribution in [1.82, 2.24) is 0 Å². The molecule has 0 aromatic heterocycles. The van der Waals surface area contributed by atoms with E-state index in [1.54, 1.807) is 6.07 Å². The van der Waals surface area contributed by atoms with Crippen molar-refractivity contribution < 1.29 is 15.0 Å². The van der Waals surface area contributed by atoms with E-state index in [2.05, 4.69) is 0 Å². The van der Waals surface area contributed by atoms with Crippen LogP contribution < -0.4 is 0 Å². The largest absolute Gasteiger partial charge is 0.479 e. The maximum absolute atomic E-state index is 10.6. The fourth-order valence-electron chi connectivity index (χ4n) is 2.04. The van der Waals surface area contributed by atoms with Crippen LogP contribution in [-0.2, 0) is 17.6 Å². The molecule has 3 nitrogen and oxygen atoms in total. The van der Waals surface area contributed by atoms with Gasteiger partial charge in [-0.25, -0.2) is 4.79 Å². The minimum atomic E-state index is -1.37. The predicted octanol–water partition coefficient (Wildman–Crippen LogP) is 1.29. The number of hydrogen-bond acceptors (Lipinski definition) is 2. The van der Waals surface area contributed by atoms with Crippen molar-refractivity contribution in [3.05, 3.63) is 34.9 Å². The van der Waals surface area contributed by atoms with Gasteiger partial charge in [0.2, 0.25) is 0 Å². The molecule has 0 amide bonds. The summed E-state index contributed by atoms with van der Waals surface area (Å²) in [7, 11) is 0. The van der Waals surface area contributed by atoms with E-state index < -0.39 is 12.1 Å². The number of aliphatic carboxylic acids is 1. The second-order valence-electron chi connectivity index (χ2n) is 3.58. The quantitative estimate of drug-likeness (QED) is 0.742. The SMILES string of the molecule is O=C(O)C(O)c1cccc2c1CCC2. The Morgan fingerprint density at radius 3 is 2.86 bits per heavy atom. The molecule has 1 aliphatic rings. The number of rotatable bonds is 2. The standard InChI is InChI=1S/C11H12O3/c12-10(11(13)14)9-6-2-4-7-3-1-5-8(7)9/h2,4,6,10,12H,1,3,5H2,(H,13,14). The molecule has 1 aliphatic carbocycles. The molecule has 0 bridgehead atoms. The summed E-state index contributed by atoms with van der Waals surface area (Å²) >= 11 is 0. The van der Waals surface area contributed by atoms with Crippen LogP contribution in [0.4, 0.5) is 0 Å². The summed E-state index contributed by atoms with van der Waals surface area (Å²) in [5.41, 5.74) is 2.78. The highest BCUT2D eigenvalue weighted by molar-refractivity contribution is 5.75. The first-order valence-corrected chi connectivity index (χ1v) is 4.71. The van der Waals surface area contributed by atoms with E-state index in [4.69, 9.17) is 5.11 Å². The number of aryl methyl sites for hydroxylation is 1. The van der Waals surface area contributed by atoms with Crippen molar-refractivity contribution in [1.29, 1.82) is 0 Å². The first-order valence-electron chi connectivity index (χ1n) is 4.71. The summed E-state index contributed by atoms with van der Waals surface area (Å²) in [6.07, 6.45) is 1.56. The molecule has 0 saturated carbocycles. The molecule has 0 spiro atoms. The average Bonchev–Trinajstić information content (AvgIpc) is 2.63. The van der Waals surface area contributed by atoms with Gasteiger partial charge in [-0.2, -0.15) is 0 Å². The number of aliphatic hydroxyl groups excluding tert-OH is 1. The summed E-state index contributed by atoms with van der Waals surface area (Å²) in [5.74, 6) is -1.18. The van der Waals surface area contributed by atoms with E-state index in [9.17, 15) is 9.90 Å². The number of benzene rings is 1. The lowest BCUT2D eigenvalue weighted by molar-refractivity contribution is -0.147. The molecule has 3 heteroatoms. The van der Waals surface area contributed by atoms with Gasteiger partial charge in [-0.3, -0.25) is 0 Å². The highest BCUT2D eigenvalue weighted by Gasteiger charge is 2.23. The molecule has 1 aromatic carbocycles. The maximum atomic E-state index is 10.6. The fraction of sp³-hybridized carbons (Fsp3) is 0.364. The van der Waals surface area contributed by atoms with Crippen molar-refractivity contribution in [3.8, 4) is 0 Å². The summed E-state index contributed by atoms with van der Waals surface area (Å²) in [5, 5.41) is 18.2. The minimum absolute atomic E-state index is 0.563. The third-order valence-corrected chi connectivity index (χ3v) is 2.71. The Hall–Kier alpha value is -1.35. The Kier molecular flexibility index (Phi) is 2.25. The van der Waals surface area contributed by atoms with Gasteiger partial charge in [-0.05, 0) is 36.0 Å². The van der Waals surface area contributed by atoms with Gasteiger partial charge in [0.15, 0.2) is 6.10 Å². The van der Waals surface area contributed by atoms with Crippen LogP contribution in [0.1, 0.15) is 29.2 Å². The molecule has 0 radical (unpaired) electrons. The van der Waals surface area contributed by atoms with E-state index in [1.165, 1.54) is 5.56 Å².